The first-order valence-electron chi connectivity index (χ1n) is 6.34. The van der Waals surface area contributed by atoms with Gasteiger partial charge in [0.15, 0.2) is 5.13 Å². The van der Waals surface area contributed by atoms with Crippen LogP contribution >= 0.6 is 11.3 Å². The lowest BCUT2D eigenvalue weighted by molar-refractivity contribution is 0.431. The zero-order valence-corrected chi connectivity index (χ0v) is 11.7. The standard InChI is InChI=1S/C15H10N4OS/c16-15-17-12(8-21-15)14-18-13(19-20-14)11-7-3-5-9-4-1-2-6-10(9)11/h1-8H,(H2,16,17). The average Bonchev–Trinajstić information content (AvgIpc) is 3.15. The Kier molecular flexibility index (Phi) is 2.68. The van der Waals surface area contributed by atoms with E-state index >= 15 is 0 Å². The van der Waals surface area contributed by atoms with Crippen molar-refractivity contribution in [2.45, 2.75) is 0 Å². The quantitative estimate of drug-likeness (QED) is 0.611. The van der Waals surface area contributed by atoms with E-state index in [9.17, 15) is 0 Å². The predicted octanol–water partition coefficient (Wildman–Crippen LogP) is 3.60. The molecule has 5 nitrogen and oxygen atoms in total. The highest BCUT2D eigenvalue weighted by Crippen LogP contribution is 2.29. The zero-order chi connectivity index (χ0) is 14.2. The van der Waals surface area contributed by atoms with Gasteiger partial charge in [0, 0.05) is 10.9 Å². The summed E-state index contributed by atoms with van der Waals surface area (Å²) in [6, 6.07) is 14.1. The minimum absolute atomic E-state index is 0.380. The van der Waals surface area contributed by atoms with Crippen LogP contribution in [0.3, 0.4) is 0 Å². The predicted molar refractivity (Wildman–Crippen MR) is 82.8 cm³/mol. The summed E-state index contributed by atoms with van der Waals surface area (Å²) in [4.78, 5) is 8.58. The molecule has 0 spiro atoms. The normalized spacial score (nSPS) is 11.0. The SMILES string of the molecule is Nc1nc(-c2nc(-c3cccc4ccccc34)no2)cs1. The van der Waals surface area contributed by atoms with Gasteiger partial charge in [0.05, 0.1) is 0 Å². The maximum atomic E-state index is 5.63. The summed E-state index contributed by atoms with van der Waals surface area (Å²) in [5.41, 5.74) is 7.17. The molecule has 0 radical (unpaired) electrons. The van der Waals surface area contributed by atoms with Crippen molar-refractivity contribution in [3.8, 4) is 23.0 Å². The van der Waals surface area contributed by atoms with Crippen molar-refractivity contribution < 1.29 is 4.52 Å². The topological polar surface area (TPSA) is 77.8 Å². The smallest absolute Gasteiger partial charge is 0.277 e. The fraction of sp³-hybridized carbons (Fsp3) is 0. The largest absolute Gasteiger partial charge is 0.375 e. The van der Waals surface area contributed by atoms with Crippen LogP contribution in [0.5, 0.6) is 0 Å². The van der Waals surface area contributed by atoms with Crippen LogP contribution in [0, 0.1) is 0 Å². The zero-order valence-electron chi connectivity index (χ0n) is 10.9. The van der Waals surface area contributed by atoms with Crippen LogP contribution in [0.25, 0.3) is 33.7 Å². The number of nitrogens with two attached hydrogens (primary N) is 1. The van der Waals surface area contributed by atoms with Gasteiger partial charge in [0.25, 0.3) is 5.89 Å². The fourth-order valence-electron chi connectivity index (χ4n) is 2.24. The molecule has 4 aromatic rings. The lowest BCUT2D eigenvalue weighted by Crippen LogP contribution is -1.85. The highest BCUT2D eigenvalue weighted by atomic mass is 32.1. The Morgan fingerprint density at radius 2 is 1.86 bits per heavy atom. The number of thiazole rings is 1. The Labute approximate surface area is 124 Å². The first-order valence-corrected chi connectivity index (χ1v) is 7.22. The third kappa shape index (κ3) is 2.05. The van der Waals surface area contributed by atoms with Crippen molar-refractivity contribution in [2.75, 3.05) is 5.73 Å². The molecule has 0 amide bonds. The number of fused-ring (bicyclic) bond motifs is 1. The molecule has 2 heterocycles. The van der Waals surface area contributed by atoms with Crippen LogP contribution in [0.2, 0.25) is 0 Å². The van der Waals surface area contributed by atoms with Crippen molar-refractivity contribution in [1.29, 1.82) is 0 Å². The van der Waals surface area contributed by atoms with Gasteiger partial charge < -0.3 is 10.3 Å². The lowest BCUT2D eigenvalue weighted by Gasteiger charge is -2.01. The number of aromatic nitrogens is 3. The monoisotopic (exact) mass is 294 g/mol. The molecule has 0 atom stereocenters. The molecule has 2 N–H and O–H groups in total. The van der Waals surface area contributed by atoms with Crippen LogP contribution in [0.4, 0.5) is 5.13 Å². The molecule has 0 bridgehead atoms. The Bertz CT molecular complexity index is 923. The van der Waals surface area contributed by atoms with Crippen LogP contribution in [0.15, 0.2) is 52.4 Å². The fourth-order valence-corrected chi connectivity index (χ4v) is 2.78. The van der Waals surface area contributed by atoms with E-state index in [-0.39, 0.29) is 0 Å². The maximum Gasteiger partial charge on any atom is 0.277 e. The van der Waals surface area contributed by atoms with Gasteiger partial charge in [-0.1, -0.05) is 47.6 Å². The summed E-state index contributed by atoms with van der Waals surface area (Å²) in [5.74, 6) is 0.930. The minimum atomic E-state index is 0.380. The Morgan fingerprint density at radius 1 is 1.00 bits per heavy atom. The molecule has 0 unspecified atom stereocenters. The molecule has 4 rings (SSSR count). The van der Waals surface area contributed by atoms with Gasteiger partial charge in [-0.05, 0) is 10.8 Å². The van der Waals surface area contributed by atoms with Crippen LogP contribution in [0.1, 0.15) is 0 Å². The summed E-state index contributed by atoms with van der Waals surface area (Å²) in [6.07, 6.45) is 0. The first-order chi connectivity index (χ1) is 10.3. The second-order valence-electron chi connectivity index (χ2n) is 4.52. The highest BCUT2D eigenvalue weighted by molar-refractivity contribution is 7.13. The van der Waals surface area contributed by atoms with Gasteiger partial charge in [0.1, 0.15) is 5.69 Å². The van der Waals surface area contributed by atoms with Crippen LogP contribution < -0.4 is 5.73 Å². The van der Waals surface area contributed by atoms with E-state index in [1.807, 2.05) is 30.3 Å². The lowest BCUT2D eigenvalue weighted by atomic mass is 10.0. The van der Waals surface area contributed by atoms with Crippen molar-refractivity contribution in [3.63, 3.8) is 0 Å². The molecule has 0 saturated carbocycles. The molecule has 0 saturated heterocycles. The second kappa shape index (κ2) is 4.68. The molecular weight excluding hydrogens is 284 g/mol. The summed E-state index contributed by atoms with van der Waals surface area (Å²) in [6.45, 7) is 0. The molecule has 102 valence electrons. The Morgan fingerprint density at radius 3 is 2.71 bits per heavy atom. The van der Waals surface area contributed by atoms with Gasteiger partial charge in [0.2, 0.25) is 5.82 Å². The molecule has 2 aromatic heterocycles. The Balaban J connectivity index is 1.85. The molecule has 6 heteroatoms. The number of nitrogen functional groups attached to an aromatic ring is 1. The van der Waals surface area contributed by atoms with E-state index in [4.69, 9.17) is 10.3 Å². The van der Waals surface area contributed by atoms with Gasteiger partial charge in [-0.3, -0.25) is 0 Å². The number of hydrogen-bond acceptors (Lipinski definition) is 6. The van der Waals surface area contributed by atoms with Crippen LogP contribution in [-0.2, 0) is 0 Å². The van der Waals surface area contributed by atoms with Crippen molar-refractivity contribution in [3.05, 3.63) is 47.8 Å². The van der Waals surface area contributed by atoms with Gasteiger partial charge in [-0.15, -0.1) is 11.3 Å². The highest BCUT2D eigenvalue weighted by Gasteiger charge is 2.14. The number of anilines is 1. The maximum absolute atomic E-state index is 5.63. The third-order valence-electron chi connectivity index (χ3n) is 3.20. The van der Waals surface area contributed by atoms with Crippen molar-refractivity contribution in [1.82, 2.24) is 15.1 Å². The molecule has 0 aliphatic carbocycles. The van der Waals surface area contributed by atoms with E-state index < -0.39 is 0 Å². The second-order valence-corrected chi connectivity index (χ2v) is 5.41. The van der Waals surface area contributed by atoms with Crippen molar-refractivity contribution >= 4 is 27.2 Å². The third-order valence-corrected chi connectivity index (χ3v) is 3.87. The summed E-state index contributed by atoms with van der Waals surface area (Å²) >= 11 is 1.35. The summed E-state index contributed by atoms with van der Waals surface area (Å²) in [5, 5.41) is 8.57. The molecule has 2 aromatic carbocycles. The Hall–Kier alpha value is -2.73. The van der Waals surface area contributed by atoms with Gasteiger partial charge in [-0.2, -0.15) is 4.98 Å². The molecule has 0 aliphatic heterocycles. The summed E-state index contributed by atoms with van der Waals surface area (Å²) in [7, 11) is 0. The van der Waals surface area contributed by atoms with E-state index in [1.165, 1.54) is 11.3 Å². The van der Waals surface area contributed by atoms with Crippen molar-refractivity contribution in [2.24, 2.45) is 0 Å². The molecule has 0 aliphatic rings. The average molecular weight is 294 g/mol. The van der Waals surface area contributed by atoms with E-state index in [0.29, 0.717) is 22.5 Å². The number of nitrogens with zero attached hydrogens (tertiary/aromatic N) is 3. The minimum Gasteiger partial charge on any atom is -0.375 e. The number of benzene rings is 2. The first kappa shape index (κ1) is 12.0. The molecule has 0 fully saturated rings. The van der Waals surface area contributed by atoms with Gasteiger partial charge >= 0.3 is 0 Å². The number of hydrogen-bond donors (Lipinski definition) is 1. The summed E-state index contributed by atoms with van der Waals surface area (Å²) < 4.78 is 5.29. The number of rotatable bonds is 2. The van der Waals surface area contributed by atoms with Crippen LogP contribution in [-0.4, -0.2) is 15.1 Å². The molecule has 21 heavy (non-hydrogen) atoms. The van der Waals surface area contributed by atoms with E-state index in [1.54, 1.807) is 5.38 Å². The van der Waals surface area contributed by atoms with E-state index in [0.717, 1.165) is 16.3 Å². The molecular formula is C15H10N4OS. The van der Waals surface area contributed by atoms with Gasteiger partial charge in [-0.25, -0.2) is 4.98 Å². The van der Waals surface area contributed by atoms with E-state index in [2.05, 4.69) is 27.3 Å².